The predicted molar refractivity (Wildman–Crippen MR) is 134 cm³/mol. The van der Waals surface area contributed by atoms with E-state index in [0.29, 0.717) is 6.42 Å². The van der Waals surface area contributed by atoms with Crippen molar-refractivity contribution in [1.29, 1.82) is 0 Å². The van der Waals surface area contributed by atoms with E-state index >= 15 is 0 Å². The van der Waals surface area contributed by atoms with Crippen LogP contribution in [0.2, 0.25) is 0 Å². The first-order valence-corrected chi connectivity index (χ1v) is 11.8. The number of amides is 2. The number of benzene rings is 3. The molecule has 0 aliphatic carbocycles. The third-order valence-corrected chi connectivity index (χ3v) is 6.62. The molecule has 3 aromatic rings. The first kappa shape index (κ1) is 23.6. The quantitative estimate of drug-likeness (QED) is 0.351. The van der Waals surface area contributed by atoms with Crippen LogP contribution in [0.4, 0.5) is 11.4 Å². The predicted octanol–water partition coefficient (Wildman–Crippen LogP) is 6.90. The molecule has 0 fully saturated rings. The van der Waals surface area contributed by atoms with Gasteiger partial charge in [0, 0.05) is 22.7 Å². The number of carbonyl (C=O) groups is 2. The Bertz CT molecular complexity index is 1050. The molecule has 0 spiro atoms. The van der Waals surface area contributed by atoms with Gasteiger partial charge in [-0.2, -0.15) is 0 Å². The van der Waals surface area contributed by atoms with Crippen LogP contribution < -0.4 is 10.6 Å². The highest BCUT2D eigenvalue weighted by Crippen LogP contribution is 2.37. The van der Waals surface area contributed by atoms with Gasteiger partial charge >= 0.3 is 0 Å². The molecule has 0 heterocycles. The van der Waals surface area contributed by atoms with Crippen molar-refractivity contribution in [1.82, 2.24) is 0 Å². The Morgan fingerprint density at radius 3 is 2.28 bits per heavy atom. The van der Waals surface area contributed by atoms with Crippen molar-refractivity contribution in [2.75, 3.05) is 10.6 Å². The van der Waals surface area contributed by atoms with Gasteiger partial charge < -0.3 is 10.6 Å². The zero-order chi connectivity index (χ0) is 22.9. The minimum atomic E-state index is -0.402. The Labute approximate surface area is 194 Å². The molecule has 3 rings (SSSR count). The molecule has 0 aliphatic rings. The molecule has 2 amide bonds. The van der Waals surface area contributed by atoms with Gasteiger partial charge in [0.05, 0.1) is 0 Å². The Morgan fingerprint density at radius 2 is 1.59 bits per heavy atom. The first-order valence-electron chi connectivity index (χ1n) is 11.0. The third kappa shape index (κ3) is 6.47. The SMILES string of the molecule is CCCCC(=O)Nc1ccc(SC(C(=O)Nc2cccc(C)c2C)c2ccccc2)cc1. The summed E-state index contributed by atoms with van der Waals surface area (Å²) < 4.78 is 0. The van der Waals surface area contributed by atoms with E-state index in [1.165, 1.54) is 11.8 Å². The second-order valence-corrected chi connectivity index (χ2v) is 9.00. The monoisotopic (exact) mass is 446 g/mol. The highest BCUT2D eigenvalue weighted by Gasteiger charge is 2.23. The van der Waals surface area contributed by atoms with Crippen LogP contribution in [0.15, 0.2) is 77.7 Å². The summed E-state index contributed by atoms with van der Waals surface area (Å²) in [7, 11) is 0. The van der Waals surface area contributed by atoms with Gasteiger partial charge in [-0.15, -0.1) is 11.8 Å². The Morgan fingerprint density at radius 1 is 0.875 bits per heavy atom. The number of anilines is 2. The molecule has 0 radical (unpaired) electrons. The molecule has 0 aromatic heterocycles. The Kier molecular flexibility index (Phi) is 8.51. The van der Waals surface area contributed by atoms with Crippen molar-refractivity contribution >= 4 is 35.0 Å². The van der Waals surface area contributed by atoms with Crippen LogP contribution in [0.3, 0.4) is 0 Å². The van der Waals surface area contributed by atoms with E-state index in [2.05, 4.69) is 17.6 Å². The van der Waals surface area contributed by atoms with E-state index in [9.17, 15) is 9.59 Å². The van der Waals surface area contributed by atoms with E-state index in [1.54, 1.807) is 0 Å². The van der Waals surface area contributed by atoms with Gasteiger partial charge in [0.2, 0.25) is 11.8 Å². The van der Waals surface area contributed by atoms with Gasteiger partial charge in [-0.05, 0) is 67.3 Å². The zero-order valence-electron chi connectivity index (χ0n) is 18.9. The number of unbranched alkanes of at least 4 members (excludes halogenated alkanes) is 1. The highest BCUT2D eigenvalue weighted by molar-refractivity contribution is 8.00. The topological polar surface area (TPSA) is 58.2 Å². The molecule has 0 saturated heterocycles. The Balaban J connectivity index is 1.76. The highest BCUT2D eigenvalue weighted by atomic mass is 32.2. The number of hydrogen-bond acceptors (Lipinski definition) is 3. The van der Waals surface area contributed by atoms with Crippen LogP contribution in [0.25, 0.3) is 0 Å². The van der Waals surface area contributed by atoms with Crippen LogP contribution in [0.5, 0.6) is 0 Å². The minimum Gasteiger partial charge on any atom is -0.326 e. The van der Waals surface area contributed by atoms with Gasteiger partial charge in [0.25, 0.3) is 0 Å². The van der Waals surface area contributed by atoms with Crippen LogP contribution in [0.1, 0.15) is 48.1 Å². The molecule has 1 atom stereocenters. The summed E-state index contributed by atoms with van der Waals surface area (Å²) in [5.74, 6) is -0.0332. The molecule has 4 nitrogen and oxygen atoms in total. The van der Waals surface area contributed by atoms with Gasteiger partial charge in [0.15, 0.2) is 0 Å². The number of nitrogens with one attached hydrogen (secondary N) is 2. The molecular weight excluding hydrogens is 416 g/mol. The van der Waals surface area contributed by atoms with Gasteiger partial charge in [-0.3, -0.25) is 9.59 Å². The number of rotatable bonds is 9. The lowest BCUT2D eigenvalue weighted by atomic mass is 10.1. The lowest BCUT2D eigenvalue weighted by molar-refractivity contribution is -0.116. The fraction of sp³-hybridized carbons (Fsp3) is 0.259. The van der Waals surface area contributed by atoms with Crippen molar-refractivity contribution in [2.24, 2.45) is 0 Å². The van der Waals surface area contributed by atoms with Crippen LogP contribution in [-0.2, 0) is 9.59 Å². The van der Waals surface area contributed by atoms with Gasteiger partial charge in [-0.25, -0.2) is 0 Å². The summed E-state index contributed by atoms with van der Waals surface area (Å²) in [4.78, 5) is 26.2. The molecule has 166 valence electrons. The number of hydrogen-bond donors (Lipinski definition) is 2. The van der Waals surface area contributed by atoms with E-state index < -0.39 is 5.25 Å². The summed E-state index contributed by atoms with van der Waals surface area (Å²) >= 11 is 1.50. The van der Waals surface area contributed by atoms with Crippen molar-refractivity contribution in [3.05, 3.63) is 89.5 Å². The second kappa shape index (κ2) is 11.5. The molecular formula is C27H30N2O2S. The van der Waals surface area contributed by atoms with E-state index in [-0.39, 0.29) is 11.8 Å². The largest absolute Gasteiger partial charge is 0.326 e. The summed E-state index contributed by atoms with van der Waals surface area (Å²) in [5, 5.41) is 5.64. The summed E-state index contributed by atoms with van der Waals surface area (Å²) in [6.07, 6.45) is 2.41. The van der Waals surface area contributed by atoms with Crippen LogP contribution in [0, 0.1) is 13.8 Å². The zero-order valence-corrected chi connectivity index (χ0v) is 19.7. The maximum absolute atomic E-state index is 13.3. The average molecular weight is 447 g/mol. The smallest absolute Gasteiger partial charge is 0.242 e. The molecule has 3 aromatic carbocycles. The molecule has 2 N–H and O–H groups in total. The van der Waals surface area contributed by atoms with Crippen molar-refractivity contribution in [3.63, 3.8) is 0 Å². The minimum absolute atomic E-state index is 0.0299. The summed E-state index contributed by atoms with van der Waals surface area (Å²) in [6.45, 7) is 6.12. The maximum Gasteiger partial charge on any atom is 0.242 e. The van der Waals surface area contributed by atoms with E-state index in [1.807, 2.05) is 86.6 Å². The van der Waals surface area contributed by atoms with E-state index in [4.69, 9.17) is 0 Å². The molecule has 5 heteroatoms. The maximum atomic E-state index is 13.3. The lowest BCUT2D eigenvalue weighted by Gasteiger charge is -2.19. The van der Waals surface area contributed by atoms with Crippen molar-refractivity contribution in [3.8, 4) is 0 Å². The molecule has 0 saturated carbocycles. The number of aryl methyl sites for hydroxylation is 1. The van der Waals surface area contributed by atoms with Gasteiger partial charge in [-0.1, -0.05) is 55.8 Å². The first-order chi connectivity index (χ1) is 15.5. The second-order valence-electron chi connectivity index (χ2n) is 7.82. The molecule has 1 unspecified atom stereocenters. The molecule has 32 heavy (non-hydrogen) atoms. The summed E-state index contributed by atoms with van der Waals surface area (Å²) in [5.41, 5.74) is 4.76. The van der Waals surface area contributed by atoms with Crippen LogP contribution >= 0.6 is 11.8 Å². The molecule has 0 bridgehead atoms. The third-order valence-electron chi connectivity index (χ3n) is 5.35. The number of thioether (sulfide) groups is 1. The van der Waals surface area contributed by atoms with Crippen molar-refractivity contribution in [2.45, 2.75) is 50.2 Å². The average Bonchev–Trinajstić information content (AvgIpc) is 2.80. The van der Waals surface area contributed by atoms with E-state index in [0.717, 1.165) is 45.8 Å². The van der Waals surface area contributed by atoms with Crippen molar-refractivity contribution < 1.29 is 9.59 Å². The van der Waals surface area contributed by atoms with Crippen LogP contribution in [-0.4, -0.2) is 11.8 Å². The standard InChI is InChI=1S/C27H30N2O2S/c1-4-5-14-25(30)28-22-15-17-23(18-16-22)32-26(21-11-7-6-8-12-21)27(31)29-24-13-9-10-19(2)20(24)3/h6-13,15-18,26H,4-5,14H2,1-3H3,(H,28,30)(H,29,31). The number of carbonyl (C=O) groups excluding carboxylic acids is 2. The lowest BCUT2D eigenvalue weighted by Crippen LogP contribution is -2.19. The normalized spacial score (nSPS) is 11.6. The van der Waals surface area contributed by atoms with Gasteiger partial charge in [0.1, 0.15) is 5.25 Å². The Hall–Kier alpha value is -3.05. The molecule has 0 aliphatic heterocycles. The fourth-order valence-corrected chi connectivity index (χ4v) is 4.32. The summed E-state index contributed by atoms with van der Waals surface area (Å²) in [6, 6.07) is 23.4. The fourth-order valence-electron chi connectivity index (χ4n) is 3.30.